The molecule has 0 unspecified atom stereocenters. The number of benzene rings is 3. The van der Waals surface area contributed by atoms with Gasteiger partial charge in [0.1, 0.15) is 6.29 Å². The molecule has 0 amide bonds. The Labute approximate surface area is 157 Å². The standard InChI is InChI=1S/C21H17Cl2NO/c22-20-7-3-1-5-17(20)13-24(14-18-6-2-4-8-21(18)23)19-11-9-16(15-25)10-12-19/h1-12,15H,13-14H2. The number of hydrogen-bond donors (Lipinski definition) is 0. The highest BCUT2D eigenvalue weighted by Crippen LogP contribution is 2.26. The van der Waals surface area contributed by atoms with E-state index in [1.54, 1.807) is 0 Å². The lowest BCUT2D eigenvalue weighted by atomic mass is 10.1. The summed E-state index contributed by atoms with van der Waals surface area (Å²) in [7, 11) is 0. The Hall–Kier alpha value is -2.29. The van der Waals surface area contributed by atoms with Crippen LogP contribution in [0.4, 0.5) is 5.69 Å². The first-order valence-electron chi connectivity index (χ1n) is 7.94. The molecular weight excluding hydrogens is 353 g/mol. The van der Waals surface area contributed by atoms with E-state index in [4.69, 9.17) is 23.2 Å². The van der Waals surface area contributed by atoms with Crippen LogP contribution in [0.25, 0.3) is 0 Å². The fraction of sp³-hybridized carbons (Fsp3) is 0.0952. The lowest BCUT2D eigenvalue weighted by molar-refractivity contribution is 0.112. The van der Waals surface area contributed by atoms with Crippen LogP contribution >= 0.6 is 23.2 Å². The van der Waals surface area contributed by atoms with Gasteiger partial charge < -0.3 is 4.90 Å². The number of carbonyl (C=O) groups is 1. The van der Waals surface area contributed by atoms with Gasteiger partial charge in [-0.3, -0.25) is 4.79 Å². The third kappa shape index (κ3) is 4.41. The molecule has 25 heavy (non-hydrogen) atoms. The van der Waals surface area contributed by atoms with Crippen LogP contribution in [0.2, 0.25) is 10.0 Å². The minimum absolute atomic E-state index is 0.644. The van der Waals surface area contributed by atoms with Crippen LogP contribution in [-0.4, -0.2) is 6.29 Å². The van der Waals surface area contributed by atoms with Crippen LogP contribution in [0, 0.1) is 0 Å². The summed E-state index contributed by atoms with van der Waals surface area (Å²) in [4.78, 5) is 13.1. The van der Waals surface area contributed by atoms with E-state index >= 15 is 0 Å². The average molecular weight is 370 g/mol. The molecule has 0 aliphatic carbocycles. The van der Waals surface area contributed by atoms with Gasteiger partial charge in [-0.25, -0.2) is 0 Å². The zero-order valence-electron chi connectivity index (χ0n) is 13.5. The molecule has 4 heteroatoms. The predicted molar refractivity (Wildman–Crippen MR) is 105 cm³/mol. The summed E-state index contributed by atoms with van der Waals surface area (Å²) >= 11 is 12.7. The van der Waals surface area contributed by atoms with E-state index < -0.39 is 0 Å². The predicted octanol–water partition coefficient (Wildman–Crippen LogP) is 6.01. The maximum absolute atomic E-state index is 10.9. The van der Waals surface area contributed by atoms with Gasteiger partial charge in [-0.05, 0) is 47.5 Å². The Balaban J connectivity index is 1.93. The maximum atomic E-state index is 10.9. The first kappa shape index (κ1) is 17.5. The van der Waals surface area contributed by atoms with Crippen LogP contribution in [0.1, 0.15) is 21.5 Å². The maximum Gasteiger partial charge on any atom is 0.150 e. The number of carbonyl (C=O) groups excluding carboxylic acids is 1. The van der Waals surface area contributed by atoms with Crippen LogP contribution in [0.3, 0.4) is 0 Å². The van der Waals surface area contributed by atoms with Gasteiger partial charge in [-0.2, -0.15) is 0 Å². The number of nitrogens with zero attached hydrogens (tertiary/aromatic N) is 1. The lowest BCUT2D eigenvalue weighted by Gasteiger charge is -2.26. The first-order chi connectivity index (χ1) is 12.2. The summed E-state index contributed by atoms with van der Waals surface area (Å²) in [6, 6.07) is 23.1. The van der Waals surface area contributed by atoms with Crippen molar-refractivity contribution in [2.45, 2.75) is 13.1 Å². The van der Waals surface area contributed by atoms with Gasteiger partial charge in [0, 0.05) is 34.4 Å². The molecule has 0 aromatic heterocycles. The molecule has 0 spiro atoms. The van der Waals surface area contributed by atoms with E-state index in [-0.39, 0.29) is 0 Å². The molecule has 3 aromatic rings. The van der Waals surface area contributed by atoms with Crippen molar-refractivity contribution in [3.8, 4) is 0 Å². The second-order valence-corrected chi connectivity index (χ2v) is 6.56. The Kier molecular flexibility index (Phi) is 5.75. The Morgan fingerprint density at radius 1 is 0.720 bits per heavy atom. The summed E-state index contributed by atoms with van der Waals surface area (Å²) in [5.74, 6) is 0. The van der Waals surface area contributed by atoms with Crippen LogP contribution < -0.4 is 4.90 Å². The van der Waals surface area contributed by atoms with E-state index in [0.717, 1.165) is 33.1 Å². The molecule has 0 N–H and O–H groups in total. The number of anilines is 1. The summed E-state index contributed by atoms with van der Waals surface area (Å²) in [5, 5.41) is 1.47. The van der Waals surface area contributed by atoms with Crippen molar-refractivity contribution < 1.29 is 4.79 Å². The highest BCUT2D eigenvalue weighted by atomic mass is 35.5. The summed E-state index contributed by atoms with van der Waals surface area (Å²) < 4.78 is 0. The largest absolute Gasteiger partial charge is 0.363 e. The zero-order chi connectivity index (χ0) is 17.6. The van der Waals surface area contributed by atoms with Crippen molar-refractivity contribution in [3.63, 3.8) is 0 Å². The summed E-state index contributed by atoms with van der Waals surface area (Å²) in [6.45, 7) is 1.29. The quantitative estimate of drug-likeness (QED) is 0.495. The van der Waals surface area contributed by atoms with Crippen LogP contribution in [0.15, 0.2) is 72.8 Å². The van der Waals surface area contributed by atoms with E-state index in [1.165, 1.54) is 0 Å². The number of hydrogen-bond acceptors (Lipinski definition) is 2. The third-order valence-electron chi connectivity index (χ3n) is 4.03. The van der Waals surface area contributed by atoms with E-state index in [9.17, 15) is 4.79 Å². The van der Waals surface area contributed by atoms with Crippen LogP contribution in [0.5, 0.6) is 0 Å². The molecular formula is C21H17Cl2NO. The summed E-state index contributed by atoms with van der Waals surface area (Å²) in [5.41, 5.74) is 3.73. The van der Waals surface area contributed by atoms with Crippen LogP contribution in [-0.2, 0) is 13.1 Å². The smallest absolute Gasteiger partial charge is 0.150 e. The lowest BCUT2D eigenvalue weighted by Crippen LogP contribution is -2.22. The fourth-order valence-electron chi connectivity index (χ4n) is 2.67. The molecule has 0 aliphatic rings. The molecule has 0 atom stereocenters. The van der Waals surface area contributed by atoms with E-state index in [1.807, 2.05) is 72.8 Å². The molecule has 0 heterocycles. The van der Waals surface area contributed by atoms with Gasteiger partial charge in [0.25, 0.3) is 0 Å². The van der Waals surface area contributed by atoms with E-state index in [0.29, 0.717) is 18.7 Å². The van der Waals surface area contributed by atoms with Crippen molar-refractivity contribution in [2.24, 2.45) is 0 Å². The van der Waals surface area contributed by atoms with Gasteiger partial charge in [0.2, 0.25) is 0 Å². The van der Waals surface area contributed by atoms with Crippen molar-refractivity contribution >= 4 is 35.2 Å². The second-order valence-electron chi connectivity index (χ2n) is 5.75. The van der Waals surface area contributed by atoms with Crippen molar-refractivity contribution in [2.75, 3.05) is 4.90 Å². The highest BCUT2D eigenvalue weighted by molar-refractivity contribution is 6.31. The monoisotopic (exact) mass is 369 g/mol. The SMILES string of the molecule is O=Cc1ccc(N(Cc2ccccc2Cl)Cc2ccccc2Cl)cc1. The molecule has 0 aliphatic heterocycles. The van der Waals surface area contributed by atoms with Crippen molar-refractivity contribution in [1.29, 1.82) is 0 Å². The zero-order valence-corrected chi connectivity index (χ0v) is 15.0. The Bertz CT molecular complexity index is 814. The molecule has 3 rings (SSSR count). The van der Waals surface area contributed by atoms with Gasteiger partial charge in [0.15, 0.2) is 0 Å². The molecule has 126 valence electrons. The molecule has 3 aromatic carbocycles. The fourth-order valence-corrected chi connectivity index (χ4v) is 3.06. The summed E-state index contributed by atoms with van der Waals surface area (Å²) in [6.07, 6.45) is 0.843. The van der Waals surface area contributed by atoms with E-state index in [2.05, 4.69) is 4.90 Å². The molecule has 2 nitrogen and oxygen atoms in total. The topological polar surface area (TPSA) is 20.3 Å². The van der Waals surface area contributed by atoms with Gasteiger partial charge >= 0.3 is 0 Å². The second kappa shape index (κ2) is 8.19. The van der Waals surface area contributed by atoms with Gasteiger partial charge in [-0.1, -0.05) is 59.6 Å². The van der Waals surface area contributed by atoms with Gasteiger partial charge in [-0.15, -0.1) is 0 Å². The number of rotatable bonds is 6. The first-order valence-corrected chi connectivity index (χ1v) is 8.70. The Morgan fingerprint density at radius 3 is 1.64 bits per heavy atom. The van der Waals surface area contributed by atoms with Crippen molar-refractivity contribution in [1.82, 2.24) is 0 Å². The number of halogens is 2. The Morgan fingerprint density at radius 2 is 1.20 bits per heavy atom. The molecule has 0 bridgehead atoms. The van der Waals surface area contributed by atoms with Gasteiger partial charge in [0.05, 0.1) is 0 Å². The normalized spacial score (nSPS) is 10.5. The number of aldehydes is 1. The molecule has 0 saturated carbocycles. The molecule has 0 fully saturated rings. The minimum Gasteiger partial charge on any atom is -0.363 e. The van der Waals surface area contributed by atoms with Crippen molar-refractivity contribution in [3.05, 3.63) is 99.5 Å². The molecule has 0 radical (unpaired) electrons. The average Bonchev–Trinajstić information content (AvgIpc) is 2.65. The molecule has 0 saturated heterocycles. The third-order valence-corrected chi connectivity index (χ3v) is 4.77. The minimum atomic E-state index is 0.644. The highest BCUT2D eigenvalue weighted by Gasteiger charge is 2.12.